The van der Waals surface area contributed by atoms with Crippen LogP contribution >= 0.6 is 27.3 Å². The number of hydrogen-bond acceptors (Lipinski definition) is 4. The first-order valence-corrected chi connectivity index (χ1v) is 8.02. The Balaban J connectivity index is 1.82. The Morgan fingerprint density at radius 1 is 1.50 bits per heavy atom. The minimum atomic E-state index is -0.108. The van der Waals surface area contributed by atoms with Crippen LogP contribution in [0.5, 0.6) is 0 Å². The highest BCUT2D eigenvalue weighted by Crippen LogP contribution is 2.26. The third-order valence-electron chi connectivity index (χ3n) is 3.34. The molecule has 104 valence electrons. The number of anilines is 1. The molecule has 1 aromatic heterocycles. The maximum atomic E-state index is 12.3. The summed E-state index contributed by atoms with van der Waals surface area (Å²) in [6.45, 7) is 3.73. The molecule has 6 heteroatoms. The molecule has 2 aromatic rings. The van der Waals surface area contributed by atoms with E-state index >= 15 is 0 Å². The van der Waals surface area contributed by atoms with Crippen molar-refractivity contribution in [3.63, 3.8) is 0 Å². The number of rotatable bonds is 2. The van der Waals surface area contributed by atoms with Gasteiger partial charge in [-0.15, -0.1) is 11.3 Å². The summed E-state index contributed by atoms with van der Waals surface area (Å²) in [6, 6.07) is 5.62. The van der Waals surface area contributed by atoms with E-state index in [2.05, 4.69) is 31.5 Å². The molecule has 0 fully saturated rings. The molecule has 0 saturated carbocycles. The monoisotopic (exact) mass is 351 g/mol. The molecule has 0 spiro atoms. The first-order chi connectivity index (χ1) is 9.65. The first-order valence-electron chi connectivity index (χ1n) is 6.41. The Bertz CT molecular complexity index is 645. The summed E-state index contributed by atoms with van der Waals surface area (Å²) in [4.78, 5) is 18.0. The van der Waals surface area contributed by atoms with Gasteiger partial charge in [-0.25, -0.2) is 4.98 Å². The predicted molar refractivity (Wildman–Crippen MR) is 84.4 cm³/mol. The van der Waals surface area contributed by atoms with Gasteiger partial charge in [0.1, 0.15) is 0 Å². The van der Waals surface area contributed by atoms with Crippen LogP contribution in [0.25, 0.3) is 0 Å². The van der Waals surface area contributed by atoms with Crippen molar-refractivity contribution >= 4 is 38.3 Å². The van der Waals surface area contributed by atoms with E-state index < -0.39 is 0 Å². The number of halogens is 1. The highest BCUT2D eigenvalue weighted by Gasteiger charge is 2.17. The lowest BCUT2D eigenvalue weighted by Crippen LogP contribution is -2.22. The van der Waals surface area contributed by atoms with Crippen LogP contribution in [-0.4, -0.2) is 17.4 Å². The van der Waals surface area contributed by atoms with Crippen molar-refractivity contribution in [1.29, 1.82) is 0 Å². The number of hydrogen-bond donors (Lipinski definition) is 2. The van der Waals surface area contributed by atoms with Gasteiger partial charge in [0.15, 0.2) is 5.13 Å². The van der Waals surface area contributed by atoms with E-state index in [9.17, 15) is 4.79 Å². The third kappa shape index (κ3) is 2.63. The molecular formula is C14H14BrN3OS. The molecule has 1 aliphatic heterocycles. The normalized spacial score (nSPS) is 13.9. The Kier molecular flexibility index (Phi) is 3.87. The number of benzene rings is 1. The SMILES string of the molecule is Cc1c(Br)cccc1C(=O)Nc1nc2c(s1)CNCC2. The summed E-state index contributed by atoms with van der Waals surface area (Å²) in [5.74, 6) is -0.108. The van der Waals surface area contributed by atoms with Gasteiger partial charge in [0.05, 0.1) is 5.69 Å². The topological polar surface area (TPSA) is 54.0 Å². The molecule has 0 saturated heterocycles. The molecule has 3 rings (SSSR count). The number of carbonyl (C=O) groups excluding carboxylic acids is 1. The molecular weight excluding hydrogens is 338 g/mol. The van der Waals surface area contributed by atoms with Crippen molar-refractivity contribution < 1.29 is 4.79 Å². The van der Waals surface area contributed by atoms with Crippen LogP contribution in [0.2, 0.25) is 0 Å². The van der Waals surface area contributed by atoms with E-state index in [-0.39, 0.29) is 5.91 Å². The molecule has 0 aliphatic carbocycles. The van der Waals surface area contributed by atoms with Crippen molar-refractivity contribution in [3.05, 3.63) is 44.4 Å². The fourth-order valence-corrected chi connectivity index (χ4v) is 3.54. The second kappa shape index (κ2) is 5.63. The molecule has 4 nitrogen and oxygen atoms in total. The lowest BCUT2D eigenvalue weighted by Gasteiger charge is -2.09. The van der Waals surface area contributed by atoms with Crippen LogP contribution in [0.4, 0.5) is 5.13 Å². The number of thiazole rings is 1. The van der Waals surface area contributed by atoms with Gasteiger partial charge in [-0.05, 0) is 24.6 Å². The van der Waals surface area contributed by atoms with Gasteiger partial charge in [0, 0.05) is 34.4 Å². The fourth-order valence-electron chi connectivity index (χ4n) is 2.20. The van der Waals surface area contributed by atoms with E-state index in [0.29, 0.717) is 10.7 Å². The zero-order valence-corrected chi connectivity index (χ0v) is 13.4. The Labute approximate surface area is 129 Å². The number of fused-ring (bicyclic) bond motifs is 1. The maximum absolute atomic E-state index is 12.3. The predicted octanol–water partition coefficient (Wildman–Crippen LogP) is 3.11. The van der Waals surface area contributed by atoms with Crippen LogP contribution < -0.4 is 10.6 Å². The zero-order chi connectivity index (χ0) is 14.1. The number of amides is 1. The van der Waals surface area contributed by atoms with Gasteiger partial charge < -0.3 is 5.32 Å². The fraction of sp³-hybridized carbons (Fsp3) is 0.286. The zero-order valence-electron chi connectivity index (χ0n) is 11.0. The molecule has 20 heavy (non-hydrogen) atoms. The van der Waals surface area contributed by atoms with Crippen molar-refractivity contribution in [2.45, 2.75) is 19.9 Å². The highest BCUT2D eigenvalue weighted by molar-refractivity contribution is 9.10. The summed E-state index contributed by atoms with van der Waals surface area (Å²) >= 11 is 5.00. The van der Waals surface area contributed by atoms with Crippen LogP contribution in [0.15, 0.2) is 22.7 Å². The average Bonchev–Trinajstić information content (AvgIpc) is 2.83. The molecule has 2 heterocycles. The third-order valence-corrected chi connectivity index (χ3v) is 5.21. The standard InChI is InChI=1S/C14H14BrN3OS/c1-8-9(3-2-4-10(8)15)13(19)18-14-17-11-5-6-16-7-12(11)20-14/h2-4,16H,5-7H2,1H3,(H,17,18,19). The van der Waals surface area contributed by atoms with E-state index in [4.69, 9.17) is 0 Å². The summed E-state index contributed by atoms with van der Waals surface area (Å²) in [6.07, 6.45) is 0.928. The quantitative estimate of drug-likeness (QED) is 0.873. The van der Waals surface area contributed by atoms with E-state index in [0.717, 1.165) is 35.2 Å². The summed E-state index contributed by atoms with van der Waals surface area (Å²) < 4.78 is 0.938. The van der Waals surface area contributed by atoms with Crippen LogP contribution in [0.3, 0.4) is 0 Å². The molecule has 1 amide bonds. The van der Waals surface area contributed by atoms with Gasteiger partial charge in [-0.2, -0.15) is 0 Å². The molecule has 0 unspecified atom stereocenters. The number of nitrogens with zero attached hydrogens (tertiary/aromatic N) is 1. The molecule has 2 N–H and O–H groups in total. The summed E-state index contributed by atoms with van der Waals surface area (Å²) in [5.41, 5.74) is 2.72. The summed E-state index contributed by atoms with van der Waals surface area (Å²) in [5, 5.41) is 6.89. The van der Waals surface area contributed by atoms with E-state index in [1.54, 1.807) is 11.3 Å². The van der Waals surface area contributed by atoms with E-state index in [1.807, 2.05) is 25.1 Å². The minimum Gasteiger partial charge on any atom is -0.311 e. The van der Waals surface area contributed by atoms with Crippen LogP contribution in [0.1, 0.15) is 26.5 Å². The highest BCUT2D eigenvalue weighted by atomic mass is 79.9. The second-order valence-electron chi connectivity index (χ2n) is 4.68. The van der Waals surface area contributed by atoms with Crippen molar-refractivity contribution in [3.8, 4) is 0 Å². The number of nitrogens with one attached hydrogen (secondary N) is 2. The Hall–Kier alpha value is -1.24. The van der Waals surface area contributed by atoms with Gasteiger partial charge in [-0.1, -0.05) is 22.0 Å². The summed E-state index contributed by atoms with van der Waals surface area (Å²) in [7, 11) is 0. The van der Waals surface area contributed by atoms with Gasteiger partial charge in [-0.3, -0.25) is 10.1 Å². The first kappa shape index (κ1) is 13.7. The van der Waals surface area contributed by atoms with Crippen LogP contribution in [-0.2, 0) is 13.0 Å². The lowest BCUT2D eigenvalue weighted by atomic mass is 10.1. The van der Waals surface area contributed by atoms with Crippen molar-refractivity contribution in [2.24, 2.45) is 0 Å². The van der Waals surface area contributed by atoms with Crippen LogP contribution in [0, 0.1) is 6.92 Å². The van der Waals surface area contributed by atoms with Gasteiger partial charge in [0.2, 0.25) is 0 Å². The molecule has 0 radical (unpaired) electrons. The Morgan fingerprint density at radius 2 is 2.35 bits per heavy atom. The van der Waals surface area contributed by atoms with Gasteiger partial charge in [0.25, 0.3) is 5.91 Å². The van der Waals surface area contributed by atoms with Gasteiger partial charge >= 0.3 is 0 Å². The maximum Gasteiger partial charge on any atom is 0.257 e. The van der Waals surface area contributed by atoms with Crippen molar-refractivity contribution in [1.82, 2.24) is 10.3 Å². The lowest BCUT2D eigenvalue weighted by molar-refractivity contribution is 0.102. The molecule has 1 aromatic carbocycles. The molecule has 0 atom stereocenters. The molecule has 0 bridgehead atoms. The molecule has 1 aliphatic rings. The number of aromatic nitrogens is 1. The Morgan fingerprint density at radius 3 is 3.15 bits per heavy atom. The minimum absolute atomic E-state index is 0.108. The van der Waals surface area contributed by atoms with Crippen molar-refractivity contribution in [2.75, 3.05) is 11.9 Å². The second-order valence-corrected chi connectivity index (χ2v) is 6.62. The van der Waals surface area contributed by atoms with E-state index in [1.165, 1.54) is 4.88 Å². The average molecular weight is 352 g/mol. The largest absolute Gasteiger partial charge is 0.311 e. The smallest absolute Gasteiger partial charge is 0.257 e. The number of carbonyl (C=O) groups is 1.